The lowest BCUT2D eigenvalue weighted by molar-refractivity contribution is -0.0497. The van der Waals surface area contributed by atoms with Gasteiger partial charge < -0.3 is 4.74 Å². The molecular weight excluding hydrogens is 441 g/mol. The molecule has 23 heavy (non-hydrogen) atoms. The van der Waals surface area contributed by atoms with E-state index in [1.165, 1.54) is 28.2 Å². The maximum Gasteiger partial charge on any atom is 0.387 e. The topological polar surface area (TPSA) is 69.0 Å². The highest BCUT2D eigenvalue weighted by Gasteiger charge is 2.17. The third kappa shape index (κ3) is 3.42. The molecule has 3 rings (SSSR count). The summed E-state index contributed by atoms with van der Waals surface area (Å²) in [4.78, 5) is 16.5. The smallest absolute Gasteiger partial charge is 0.387 e. The van der Waals surface area contributed by atoms with Gasteiger partial charge in [0.15, 0.2) is 5.13 Å². The number of aryl methyl sites for hydroxylation is 1. The molecule has 0 saturated heterocycles. The molecule has 0 aliphatic carbocycles. The predicted molar refractivity (Wildman–Crippen MR) is 90.1 cm³/mol. The minimum absolute atomic E-state index is 0.0511. The number of halogens is 3. The minimum Gasteiger partial charge on any atom is -0.435 e. The number of aromatic nitrogens is 3. The number of carbonyl (C=O) groups is 1. The first-order chi connectivity index (χ1) is 10.9. The lowest BCUT2D eigenvalue weighted by Crippen LogP contribution is -2.17. The number of fused-ring (bicyclic) bond motifs is 1. The Morgan fingerprint density at radius 3 is 2.91 bits per heavy atom. The van der Waals surface area contributed by atoms with E-state index in [-0.39, 0.29) is 11.7 Å². The van der Waals surface area contributed by atoms with Gasteiger partial charge in [-0.25, -0.2) is 4.98 Å². The van der Waals surface area contributed by atoms with Gasteiger partial charge in [0.1, 0.15) is 11.4 Å². The van der Waals surface area contributed by atoms with Crippen LogP contribution in [0.5, 0.6) is 5.75 Å². The summed E-state index contributed by atoms with van der Waals surface area (Å²) in [6.45, 7) is -2.88. The van der Waals surface area contributed by atoms with Crippen LogP contribution < -0.4 is 10.1 Å². The number of amides is 1. The molecule has 1 amide bonds. The summed E-state index contributed by atoms with van der Waals surface area (Å²) in [5.74, 6) is -0.285. The first kappa shape index (κ1) is 16.1. The number of benzene rings is 1. The molecule has 2 aromatic heterocycles. The van der Waals surface area contributed by atoms with Crippen molar-refractivity contribution in [3.63, 3.8) is 0 Å². The summed E-state index contributed by atoms with van der Waals surface area (Å²) < 4.78 is 31.6. The first-order valence-corrected chi connectivity index (χ1v) is 8.18. The van der Waals surface area contributed by atoms with Crippen molar-refractivity contribution >= 4 is 55.2 Å². The van der Waals surface area contributed by atoms with Crippen LogP contribution in [0.2, 0.25) is 0 Å². The summed E-state index contributed by atoms with van der Waals surface area (Å²) in [7, 11) is 1.67. The van der Waals surface area contributed by atoms with Crippen LogP contribution in [0.1, 0.15) is 10.5 Å². The maximum absolute atomic E-state index is 12.3. The van der Waals surface area contributed by atoms with Crippen molar-refractivity contribution in [2.24, 2.45) is 7.05 Å². The summed E-state index contributed by atoms with van der Waals surface area (Å²) >= 11 is 3.20. The van der Waals surface area contributed by atoms with Crippen LogP contribution in [0.3, 0.4) is 0 Å². The van der Waals surface area contributed by atoms with Crippen LogP contribution in [0.25, 0.3) is 10.2 Å². The van der Waals surface area contributed by atoms with Crippen molar-refractivity contribution in [1.29, 1.82) is 0 Å². The second kappa shape index (κ2) is 6.35. The van der Waals surface area contributed by atoms with Crippen molar-refractivity contribution in [1.82, 2.24) is 14.8 Å². The van der Waals surface area contributed by atoms with E-state index in [4.69, 9.17) is 0 Å². The number of nitrogens with one attached hydrogen (secondary N) is 1. The number of alkyl halides is 2. The van der Waals surface area contributed by atoms with Crippen LogP contribution in [-0.2, 0) is 7.05 Å². The van der Waals surface area contributed by atoms with Crippen LogP contribution >= 0.6 is 33.9 Å². The van der Waals surface area contributed by atoms with Gasteiger partial charge in [0.2, 0.25) is 0 Å². The van der Waals surface area contributed by atoms with Crippen molar-refractivity contribution in [2.45, 2.75) is 6.61 Å². The van der Waals surface area contributed by atoms with Crippen molar-refractivity contribution in [3.05, 3.63) is 33.7 Å². The van der Waals surface area contributed by atoms with E-state index in [1.807, 2.05) is 22.6 Å². The Morgan fingerprint density at radius 1 is 1.48 bits per heavy atom. The van der Waals surface area contributed by atoms with Crippen LogP contribution in [0.15, 0.2) is 24.4 Å². The van der Waals surface area contributed by atoms with Gasteiger partial charge in [-0.3, -0.25) is 14.8 Å². The van der Waals surface area contributed by atoms with E-state index >= 15 is 0 Å². The Labute approximate surface area is 146 Å². The molecule has 10 heteroatoms. The molecular formula is C13H9F2IN4O2S. The molecule has 1 aromatic carbocycles. The van der Waals surface area contributed by atoms with Gasteiger partial charge in [-0.2, -0.15) is 13.9 Å². The summed E-state index contributed by atoms with van der Waals surface area (Å²) in [6, 6.07) is 4.43. The molecule has 2 heterocycles. The van der Waals surface area contributed by atoms with E-state index in [1.54, 1.807) is 19.3 Å². The summed E-state index contributed by atoms with van der Waals surface area (Å²) in [5.41, 5.74) is 1.01. The number of thiazole rings is 1. The van der Waals surface area contributed by atoms with E-state index in [0.29, 0.717) is 21.0 Å². The molecule has 0 fully saturated rings. The monoisotopic (exact) mass is 450 g/mol. The zero-order valence-electron chi connectivity index (χ0n) is 11.6. The van der Waals surface area contributed by atoms with Crippen molar-refractivity contribution in [2.75, 3.05) is 5.32 Å². The normalized spacial score (nSPS) is 11.2. The highest BCUT2D eigenvalue weighted by molar-refractivity contribution is 14.1. The zero-order chi connectivity index (χ0) is 16.6. The Balaban J connectivity index is 1.85. The van der Waals surface area contributed by atoms with Gasteiger partial charge in [0.25, 0.3) is 5.91 Å². The fourth-order valence-corrected chi connectivity index (χ4v) is 3.57. The van der Waals surface area contributed by atoms with Crippen LogP contribution in [-0.4, -0.2) is 27.3 Å². The van der Waals surface area contributed by atoms with Gasteiger partial charge in [-0.1, -0.05) is 11.3 Å². The molecule has 0 aliphatic rings. The van der Waals surface area contributed by atoms with Crippen LogP contribution in [0.4, 0.5) is 13.9 Å². The molecule has 0 bridgehead atoms. The number of hydrogen-bond donors (Lipinski definition) is 1. The van der Waals surface area contributed by atoms with E-state index in [2.05, 4.69) is 20.1 Å². The van der Waals surface area contributed by atoms with Crippen molar-refractivity contribution < 1.29 is 18.3 Å². The molecule has 0 radical (unpaired) electrons. The molecule has 0 atom stereocenters. The van der Waals surface area contributed by atoms with Crippen LogP contribution in [0, 0.1) is 3.57 Å². The van der Waals surface area contributed by atoms with Gasteiger partial charge in [-0.15, -0.1) is 0 Å². The molecule has 0 unspecified atom stereocenters. The number of rotatable bonds is 4. The summed E-state index contributed by atoms with van der Waals surface area (Å²) in [6.07, 6.45) is 1.59. The van der Waals surface area contributed by atoms with Gasteiger partial charge in [-0.05, 0) is 40.8 Å². The minimum atomic E-state index is -2.88. The number of carbonyl (C=O) groups excluding carboxylic acids is 1. The second-order valence-electron chi connectivity index (χ2n) is 4.45. The molecule has 3 aromatic rings. The molecule has 1 N–H and O–H groups in total. The zero-order valence-corrected chi connectivity index (χ0v) is 14.6. The standard InChI is InChI=1S/C13H9F2IN4O2S/c1-20-10(7(16)5-17-20)11(21)19-13-18-8-3-2-6(22-12(14)15)4-9(8)23-13/h2-5,12H,1H3,(H,18,19,21). The second-order valence-corrected chi connectivity index (χ2v) is 6.64. The highest BCUT2D eigenvalue weighted by atomic mass is 127. The number of ether oxygens (including phenoxy) is 1. The number of hydrogen-bond acceptors (Lipinski definition) is 5. The molecule has 0 spiro atoms. The Hall–Kier alpha value is -1.82. The van der Waals surface area contributed by atoms with E-state index < -0.39 is 6.61 Å². The van der Waals surface area contributed by atoms with Gasteiger partial charge in [0.05, 0.1) is 20.0 Å². The molecule has 0 aliphatic heterocycles. The Bertz CT molecular complexity index is 861. The predicted octanol–water partition coefficient (Wildman–Crippen LogP) is 3.49. The SMILES string of the molecule is Cn1ncc(I)c1C(=O)Nc1nc2ccc(OC(F)F)cc2s1. The van der Waals surface area contributed by atoms with Crippen molar-refractivity contribution in [3.8, 4) is 5.75 Å². The Kier molecular flexibility index (Phi) is 4.43. The fourth-order valence-electron chi connectivity index (χ4n) is 1.96. The van der Waals surface area contributed by atoms with Gasteiger partial charge in [0, 0.05) is 7.05 Å². The third-order valence-corrected chi connectivity index (χ3v) is 4.64. The molecule has 120 valence electrons. The van der Waals surface area contributed by atoms with Gasteiger partial charge >= 0.3 is 6.61 Å². The largest absolute Gasteiger partial charge is 0.435 e. The first-order valence-electron chi connectivity index (χ1n) is 6.28. The number of anilines is 1. The lowest BCUT2D eigenvalue weighted by atomic mass is 10.3. The van der Waals surface area contributed by atoms with E-state index in [9.17, 15) is 13.6 Å². The molecule has 6 nitrogen and oxygen atoms in total. The average Bonchev–Trinajstić information content (AvgIpc) is 3.00. The average molecular weight is 450 g/mol. The maximum atomic E-state index is 12.3. The highest BCUT2D eigenvalue weighted by Crippen LogP contribution is 2.30. The summed E-state index contributed by atoms with van der Waals surface area (Å²) in [5, 5.41) is 7.07. The quantitative estimate of drug-likeness (QED) is 0.619. The number of nitrogens with zero attached hydrogens (tertiary/aromatic N) is 3. The molecule has 0 saturated carbocycles. The fraction of sp³-hybridized carbons (Fsp3) is 0.154. The Morgan fingerprint density at radius 2 is 2.26 bits per heavy atom. The lowest BCUT2D eigenvalue weighted by Gasteiger charge is -2.02. The third-order valence-electron chi connectivity index (χ3n) is 2.91. The van der Waals surface area contributed by atoms with E-state index in [0.717, 1.165) is 3.57 Å².